The van der Waals surface area contributed by atoms with E-state index in [-0.39, 0.29) is 11.9 Å². The van der Waals surface area contributed by atoms with Crippen LogP contribution in [0.2, 0.25) is 0 Å². The van der Waals surface area contributed by atoms with Crippen LogP contribution in [0, 0.1) is 9.39 Å². The topological polar surface area (TPSA) is 35.0 Å². The fraction of sp³-hybridized carbons (Fsp3) is 0.167. The van der Waals surface area contributed by atoms with Gasteiger partial charge < -0.3 is 4.74 Å². The van der Waals surface area contributed by atoms with E-state index in [0.29, 0.717) is 10.5 Å². The van der Waals surface area contributed by atoms with Crippen LogP contribution in [0.5, 0.6) is 5.88 Å². The number of halogens is 3. The highest BCUT2D eigenvalue weighted by molar-refractivity contribution is 14.1. The number of aromatic nitrogens is 2. The van der Waals surface area contributed by atoms with Crippen LogP contribution in [-0.2, 0) is 0 Å². The van der Waals surface area contributed by atoms with E-state index in [1.807, 2.05) is 6.92 Å². The lowest BCUT2D eigenvalue weighted by Crippen LogP contribution is -2.07. The van der Waals surface area contributed by atoms with Crippen molar-refractivity contribution < 1.29 is 9.13 Å². The molecule has 0 N–H and O–H groups in total. The summed E-state index contributed by atoms with van der Waals surface area (Å²) in [5.74, 6) is 0.123. The van der Waals surface area contributed by atoms with E-state index in [1.54, 1.807) is 12.3 Å². The standard InChI is InChI=1S/C12H9BrFIN2O/c1-7(9-4-8(14)2-3-10(9)15)18-12-6-16-5-11(13)17-12/h2-7H,1H3. The summed E-state index contributed by atoms with van der Waals surface area (Å²) < 4.78 is 20.4. The Hall–Kier alpha value is -0.760. The van der Waals surface area contributed by atoms with Gasteiger partial charge in [0, 0.05) is 9.13 Å². The van der Waals surface area contributed by atoms with Gasteiger partial charge >= 0.3 is 0 Å². The van der Waals surface area contributed by atoms with Gasteiger partial charge in [-0.05, 0) is 63.6 Å². The van der Waals surface area contributed by atoms with Crippen LogP contribution in [0.3, 0.4) is 0 Å². The van der Waals surface area contributed by atoms with E-state index >= 15 is 0 Å². The molecule has 0 amide bonds. The molecule has 94 valence electrons. The third-order valence-corrected chi connectivity index (χ3v) is 3.64. The quantitative estimate of drug-likeness (QED) is 0.698. The number of hydrogen-bond donors (Lipinski definition) is 0. The number of rotatable bonds is 3. The average Bonchev–Trinajstić information content (AvgIpc) is 2.32. The Morgan fingerprint density at radius 3 is 2.89 bits per heavy atom. The molecule has 0 saturated heterocycles. The number of benzene rings is 1. The van der Waals surface area contributed by atoms with Gasteiger partial charge in [-0.3, -0.25) is 4.98 Å². The highest BCUT2D eigenvalue weighted by Gasteiger charge is 2.13. The van der Waals surface area contributed by atoms with Crippen molar-refractivity contribution in [1.82, 2.24) is 9.97 Å². The lowest BCUT2D eigenvalue weighted by atomic mass is 10.1. The molecule has 2 rings (SSSR count). The third kappa shape index (κ3) is 3.38. The molecule has 1 unspecified atom stereocenters. The maximum absolute atomic E-state index is 13.2. The summed E-state index contributed by atoms with van der Waals surface area (Å²) in [7, 11) is 0. The summed E-state index contributed by atoms with van der Waals surface area (Å²) in [6.45, 7) is 1.85. The minimum atomic E-state index is -0.295. The smallest absolute Gasteiger partial charge is 0.233 e. The normalized spacial score (nSPS) is 12.2. The van der Waals surface area contributed by atoms with Gasteiger partial charge in [-0.1, -0.05) is 0 Å². The Kier molecular flexibility index (Phi) is 4.50. The van der Waals surface area contributed by atoms with Crippen LogP contribution in [0.4, 0.5) is 4.39 Å². The highest BCUT2D eigenvalue weighted by Crippen LogP contribution is 2.25. The monoisotopic (exact) mass is 422 g/mol. The first-order chi connectivity index (χ1) is 8.56. The first kappa shape index (κ1) is 13.7. The summed E-state index contributed by atoms with van der Waals surface area (Å²) in [5.41, 5.74) is 0.789. The first-order valence-corrected chi connectivity index (χ1v) is 7.02. The van der Waals surface area contributed by atoms with Crippen LogP contribution >= 0.6 is 38.5 Å². The summed E-state index contributed by atoms with van der Waals surface area (Å²) in [6, 6.07) is 4.62. The molecule has 0 aliphatic carbocycles. The summed E-state index contributed by atoms with van der Waals surface area (Å²) in [6.07, 6.45) is 2.80. The van der Waals surface area contributed by atoms with Gasteiger partial charge in [-0.2, -0.15) is 0 Å². The van der Waals surface area contributed by atoms with Crippen molar-refractivity contribution in [3.8, 4) is 5.88 Å². The Morgan fingerprint density at radius 1 is 1.39 bits per heavy atom. The van der Waals surface area contributed by atoms with Crippen LogP contribution in [0.15, 0.2) is 35.2 Å². The Labute approximate surface area is 126 Å². The molecule has 0 fully saturated rings. The zero-order chi connectivity index (χ0) is 13.1. The summed E-state index contributed by atoms with van der Waals surface area (Å²) >= 11 is 5.37. The van der Waals surface area contributed by atoms with Gasteiger partial charge in [0.15, 0.2) is 0 Å². The maximum Gasteiger partial charge on any atom is 0.233 e. The maximum atomic E-state index is 13.2. The molecule has 1 aromatic heterocycles. The van der Waals surface area contributed by atoms with Gasteiger partial charge in [0.1, 0.15) is 16.5 Å². The Balaban J connectivity index is 2.21. The molecule has 0 bridgehead atoms. The predicted molar refractivity (Wildman–Crippen MR) is 77.9 cm³/mol. The molecule has 0 aliphatic heterocycles. The van der Waals surface area contributed by atoms with E-state index in [0.717, 1.165) is 9.13 Å². The molecule has 0 aliphatic rings. The zero-order valence-corrected chi connectivity index (χ0v) is 13.1. The lowest BCUT2D eigenvalue weighted by molar-refractivity contribution is 0.214. The van der Waals surface area contributed by atoms with Crippen LogP contribution in [0.25, 0.3) is 0 Å². The van der Waals surface area contributed by atoms with Gasteiger partial charge in [0.2, 0.25) is 5.88 Å². The Morgan fingerprint density at radius 2 is 2.17 bits per heavy atom. The lowest BCUT2D eigenvalue weighted by Gasteiger charge is -2.15. The first-order valence-electron chi connectivity index (χ1n) is 5.15. The average molecular weight is 423 g/mol. The minimum absolute atomic E-state index is 0.277. The zero-order valence-electron chi connectivity index (χ0n) is 9.40. The van der Waals surface area contributed by atoms with Gasteiger partial charge in [-0.15, -0.1) is 0 Å². The summed E-state index contributed by atoms with van der Waals surface area (Å²) in [4.78, 5) is 8.09. The van der Waals surface area contributed by atoms with Crippen LogP contribution < -0.4 is 4.74 Å². The molecule has 3 nitrogen and oxygen atoms in total. The number of hydrogen-bond acceptors (Lipinski definition) is 3. The molecular formula is C12H9BrFIN2O. The largest absolute Gasteiger partial charge is 0.469 e. The fourth-order valence-electron chi connectivity index (χ4n) is 1.45. The van der Waals surface area contributed by atoms with E-state index in [2.05, 4.69) is 48.5 Å². The van der Waals surface area contributed by atoms with Crippen molar-refractivity contribution in [3.63, 3.8) is 0 Å². The fourth-order valence-corrected chi connectivity index (χ4v) is 2.52. The van der Waals surface area contributed by atoms with E-state index in [1.165, 1.54) is 18.3 Å². The van der Waals surface area contributed by atoms with E-state index in [4.69, 9.17) is 4.74 Å². The number of ether oxygens (including phenoxy) is 1. The third-order valence-electron chi connectivity index (χ3n) is 2.28. The molecule has 18 heavy (non-hydrogen) atoms. The molecular weight excluding hydrogens is 414 g/mol. The van der Waals surface area contributed by atoms with Gasteiger partial charge in [-0.25, -0.2) is 9.37 Å². The second kappa shape index (κ2) is 5.92. The molecule has 1 aromatic carbocycles. The number of nitrogens with zero attached hydrogens (tertiary/aromatic N) is 2. The van der Waals surface area contributed by atoms with Crippen molar-refractivity contribution in [2.45, 2.75) is 13.0 Å². The second-order valence-electron chi connectivity index (χ2n) is 3.61. The van der Waals surface area contributed by atoms with Crippen molar-refractivity contribution in [2.24, 2.45) is 0 Å². The molecule has 1 atom stereocenters. The van der Waals surface area contributed by atoms with Crippen molar-refractivity contribution >= 4 is 38.5 Å². The van der Waals surface area contributed by atoms with E-state index in [9.17, 15) is 4.39 Å². The molecule has 2 aromatic rings. The van der Waals surface area contributed by atoms with Crippen molar-refractivity contribution in [3.05, 3.63) is 50.1 Å². The van der Waals surface area contributed by atoms with Crippen molar-refractivity contribution in [2.75, 3.05) is 0 Å². The molecule has 0 spiro atoms. The second-order valence-corrected chi connectivity index (χ2v) is 5.58. The predicted octanol–water partition coefficient (Wildman–Crippen LogP) is 4.12. The highest BCUT2D eigenvalue weighted by atomic mass is 127. The molecule has 0 saturated carbocycles. The van der Waals surface area contributed by atoms with Crippen LogP contribution in [-0.4, -0.2) is 9.97 Å². The summed E-state index contributed by atoms with van der Waals surface area (Å²) in [5, 5.41) is 0. The van der Waals surface area contributed by atoms with E-state index < -0.39 is 0 Å². The van der Waals surface area contributed by atoms with Crippen LogP contribution in [0.1, 0.15) is 18.6 Å². The SMILES string of the molecule is CC(Oc1cncc(Br)n1)c1cc(F)ccc1I. The molecule has 0 radical (unpaired) electrons. The van der Waals surface area contributed by atoms with Gasteiger partial charge in [0.25, 0.3) is 0 Å². The molecule has 6 heteroatoms. The van der Waals surface area contributed by atoms with Gasteiger partial charge in [0.05, 0.1) is 12.4 Å². The van der Waals surface area contributed by atoms with Crippen molar-refractivity contribution in [1.29, 1.82) is 0 Å². The Bertz CT molecular complexity index is 568. The molecule has 1 heterocycles. The minimum Gasteiger partial charge on any atom is -0.469 e.